The van der Waals surface area contributed by atoms with Crippen molar-refractivity contribution in [2.45, 2.75) is 31.3 Å². The quantitative estimate of drug-likeness (QED) is 0.283. The molecule has 1 aliphatic heterocycles. The Morgan fingerprint density at radius 2 is 1.71 bits per heavy atom. The molecule has 2 unspecified atom stereocenters. The molecule has 3 aliphatic rings. The Morgan fingerprint density at radius 1 is 0.914 bits per heavy atom. The molecule has 35 heavy (non-hydrogen) atoms. The summed E-state index contributed by atoms with van der Waals surface area (Å²) >= 11 is 0. The molecule has 0 saturated carbocycles. The second kappa shape index (κ2) is 6.48. The molecule has 0 saturated heterocycles. The van der Waals surface area contributed by atoms with Crippen LogP contribution in [-0.2, 0) is 6.42 Å². The van der Waals surface area contributed by atoms with Crippen LogP contribution in [0.25, 0.3) is 44.5 Å². The summed E-state index contributed by atoms with van der Waals surface area (Å²) < 4.78 is 10.8. The van der Waals surface area contributed by atoms with Gasteiger partial charge in [0.2, 0.25) is 0 Å². The molecular formula is C31H25N3O. The minimum Gasteiger partial charge on any atom is -0.482 e. The summed E-state index contributed by atoms with van der Waals surface area (Å²) in [5, 5.41) is 3.60. The summed E-state index contributed by atoms with van der Waals surface area (Å²) in [4.78, 5) is 0. The molecule has 3 aromatic carbocycles. The van der Waals surface area contributed by atoms with E-state index in [4.69, 9.17) is 10.6 Å². The van der Waals surface area contributed by atoms with Crippen molar-refractivity contribution in [3.8, 4) is 11.4 Å². The third-order valence-corrected chi connectivity index (χ3v) is 8.14. The predicted octanol–water partition coefficient (Wildman–Crippen LogP) is 6.77. The van der Waals surface area contributed by atoms with E-state index >= 15 is 0 Å². The fourth-order valence-corrected chi connectivity index (χ4v) is 6.61. The number of nitrogen functional groups attached to an aromatic ring is 1. The number of benzene rings is 3. The summed E-state index contributed by atoms with van der Waals surface area (Å²) in [5.74, 6) is 8.12. The third kappa shape index (κ3) is 2.32. The zero-order valence-corrected chi connectivity index (χ0v) is 19.5. The van der Waals surface area contributed by atoms with E-state index in [1.165, 1.54) is 44.2 Å². The molecule has 2 aromatic heterocycles. The molecule has 2 aliphatic carbocycles. The smallest absolute Gasteiger partial charge is 0.135 e. The zero-order chi connectivity index (χ0) is 23.3. The number of nitrogens with two attached hydrogens (primary N) is 1. The van der Waals surface area contributed by atoms with Gasteiger partial charge in [-0.3, -0.25) is 4.68 Å². The molecule has 4 nitrogen and oxygen atoms in total. The summed E-state index contributed by atoms with van der Waals surface area (Å²) in [6.07, 6.45) is 15.2. The van der Waals surface area contributed by atoms with Crippen LogP contribution in [0.4, 0.5) is 0 Å². The van der Waals surface area contributed by atoms with Crippen molar-refractivity contribution in [1.29, 1.82) is 0 Å². The van der Waals surface area contributed by atoms with Crippen molar-refractivity contribution < 1.29 is 4.74 Å². The Labute approximate surface area is 203 Å². The standard InChI is InChI=1S/C31H25N3O/c1-31-18-8-7-12-24(31)27-26(35-31)17-16-22-23-15-14-21-20-11-5-6-13-25(20)33(19-9-3-2-4-10-19)29(21)30(23)34(32)28(22)27/h2-5,7-12,14-18,24H,6,13,32H2,1H3. The third-order valence-electron chi connectivity index (χ3n) is 8.14. The lowest BCUT2D eigenvalue weighted by molar-refractivity contribution is 0.155. The lowest BCUT2D eigenvalue weighted by atomic mass is 9.82. The number of hydrogen-bond acceptors (Lipinski definition) is 2. The van der Waals surface area contributed by atoms with E-state index in [1.807, 2.05) is 4.68 Å². The predicted molar refractivity (Wildman–Crippen MR) is 144 cm³/mol. The van der Waals surface area contributed by atoms with Gasteiger partial charge >= 0.3 is 0 Å². The minimum atomic E-state index is -0.384. The van der Waals surface area contributed by atoms with Crippen molar-refractivity contribution >= 4 is 38.8 Å². The van der Waals surface area contributed by atoms with Gasteiger partial charge < -0.3 is 15.1 Å². The van der Waals surface area contributed by atoms with Crippen LogP contribution in [0.3, 0.4) is 0 Å². The molecule has 3 heterocycles. The zero-order valence-electron chi connectivity index (χ0n) is 19.5. The van der Waals surface area contributed by atoms with Crippen molar-refractivity contribution in [2.75, 3.05) is 5.84 Å². The van der Waals surface area contributed by atoms with Crippen LogP contribution in [-0.4, -0.2) is 14.8 Å². The molecule has 2 N–H and O–H groups in total. The highest BCUT2D eigenvalue weighted by atomic mass is 16.5. The lowest BCUT2D eigenvalue weighted by Crippen LogP contribution is -2.32. The van der Waals surface area contributed by atoms with Gasteiger partial charge in [0.25, 0.3) is 0 Å². The van der Waals surface area contributed by atoms with E-state index in [-0.39, 0.29) is 11.5 Å². The van der Waals surface area contributed by atoms with E-state index in [0.717, 1.165) is 29.6 Å². The highest BCUT2D eigenvalue weighted by molar-refractivity contribution is 6.19. The number of ether oxygens (including phenoxy) is 1. The maximum atomic E-state index is 7.07. The van der Waals surface area contributed by atoms with Crippen molar-refractivity contribution in [3.63, 3.8) is 0 Å². The second-order valence-corrected chi connectivity index (χ2v) is 10.1. The Bertz CT molecular complexity index is 1800. The number of para-hydroxylation sites is 1. The molecule has 2 atom stereocenters. The topological polar surface area (TPSA) is 45.1 Å². The van der Waals surface area contributed by atoms with Gasteiger partial charge in [0.15, 0.2) is 0 Å². The van der Waals surface area contributed by atoms with Crippen molar-refractivity contribution in [3.05, 3.63) is 102 Å². The maximum Gasteiger partial charge on any atom is 0.135 e. The van der Waals surface area contributed by atoms with Gasteiger partial charge in [0.1, 0.15) is 11.4 Å². The summed E-state index contributed by atoms with van der Waals surface area (Å²) in [5.41, 5.74) is 7.95. The highest BCUT2D eigenvalue weighted by Crippen LogP contribution is 2.52. The average Bonchev–Trinajstić information content (AvgIpc) is 3.49. The number of fused-ring (bicyclic) bond motifs is 11. The Balaban J connectivity index is 1.55. The average molecular weight is 456 g/mol. The first-order valence-corrected chi connectivity index (χ1v) is 12.3. The van der Waals surface area contributed by atoms with E-state index in [2.05, 4.69) is 103 Å². The van der Waals surface area contributed by atoms with E-state index in [0.29, 0.717) is 0 Å². The summed E-state index contributed by atoms with van der Waals surface area (Å²) in [6, 6.07) is 19.5. The first-order valence-electron chi connectivity index (χ1n) is 12.3. The number of allylic oxidation sites excluding steroid dienone is 3. The molecule has 0 radical (unpaired) electrons. The first kappa shape index (κ1) is 19.2. The number of aromatic nitrogens is 2. The number of nitrogens with zero attached hydrogens (tertiary/aromatic N) is 2. The minimum absolute atomic E-state index is 0.130. The second-order valence-electron chi connectivity index (χ2n) is 10.1. The monoisotopic (exact) mass is 455 g/mol. The molecule has 0 amide bonds. The molecule has 0 fully saturated rings. The van der Waals surface area contributed by atoms with Gasteiger partial charge in [0.05, 0.1) is 22.5 Å². The largest absolute Gasteiger partial charge is 0.482 e. The van der Waals surface area contributed by atoms with Crippen LogP contribution in [0.1, 0.15) is 36.1 Å². The van der Waals surface area contributed by atoms with E-state index in [9.17, 15) is 0 Å². The molecular weight excluding hydrogens is 430 g/mol. The number of hydrogen-bond donors (Lipinski definition) is 1. The van der Waals surface area contributed by atoms with Crippen LogP contribution in [0.2, 0.25) is 0 Å². The van der Waals surface area contributed by atoms with Gasteiger partial charge in [-0.1, -0.05) is 60.7 Å². The molecule has 4 heteroatoms. The number of rotatable bonds is 1. The molecule has 0 spiro atoms. The van der Waals surface area contributed by atoms with Crippen LogP contribution >= 0.6 is 0 Å². The lowest BCUT2D eigenvalue weighted by Gasteiger charge is -2.27. The van der Waals surface area contributed by atoms with Crippen LogP contribution in [0, 0.1) is 0 Å². The van der Waals surface area contributed by atoms with E-state index < -0.39 is 0 Å². The Hall–Kier alpha value is -4.18. The van der Waals surface area contributed by atoms with Gasteiger partial charge in [-0.15, -0.1) is 0 Å². The maximum absolute atomic E-state index is 7.07. The van der Waals surface area contributed by atoms with Crippen LogP contribution in [0.5, 0.6) is 5.75 Å². The fourth-order valence-electron chi connectivity index (χ4n) is 6.61. The van der Waals surface area contributed by atoms with Crippen LogP contribution in [0.15, 0.2) is 85.0 Å². The Morgan fingerprint density at radius 3 is 2.60 bits per heavy atom. The van der Waals surface area contributed by atoms with Crippen molar-refractivity contribution in [1.82, 2.24) is 9.24 Å². The highest BCUT2D eigenvalue weighted by Gasteiger charge is 2.44. The van der Waals surface area contributed by atoms with Gasteiger partial charge in [-0.05, 0) is 50.1 Å². The normalized spacial score (nSPS) is 22.0. The molecule has 8 rings (SSSR count). The summed E-state index contributed by atoms with van der Waals surface area (Å²) in [7, 11) is 0. The molecule has 0 bridgehead atoms. The Kier molecular flexibility index (Phi) is 3.55. The van der Waals surface area contributed by atoms with E-state index in [1.54, 1.807) is 0 Å². The van der Waals surface area contributed by atoms with Crippen LogP contribution < -0.4 is 10.6 Å². The SMILES string of the molecule is CC12C=CC=CC1c1c(ccc3c4ccc5c6c(n(-c7ccccc7)c5c4n(N)c13)CCC=C6)O2. The van der Waals surface area contributed by atoms with Gasteiger partial charge in [0, 0.05) is 38.7 Å². The molecule has 5 aromatic rings. The molecule has 170 valence electrons. The first-order chi connectivity index (χ1) is 17.2. The van der Waals surface area contributed by atoms with Crippen molar-refractivity contribution in [2.24, 2.45) is 0 Å². The van der Waals surface area contributed by atoms with Gasteiger partial charge in [-0.25, -0.2) is 0 Å². The summed E-state index contributed by atoms with van der Waals surface area (Å²) in [6.45, 7) is 2.16. The van der Waals surface area contributed by atoms with Gasteiger partial charge in [-0.2, -0.15) is 0 Å². The fraction of sp³-hybridized carbons (Fsp3) is 0.161.